The standard InChI is InChI=1S/C9H14O4.C3H3N3O3/c1-9(8(10)11,2-6-4-12-6)3-7-5-13-7;7-1-4-2(8)6-3(9)5-1/h6-7H,2-5H2,1H3,(H,10,11);(H3,4,5,6,7,8,9). The highest BCUT2D eigenvalue weighted by Crippen LogP contribution is 2.37. The zero-order valence-electron chi connectivity index (χ0n) is 11.9. The predicted octanol–water partition coefficient (Wildman–Crippen LogP) is -1.59. The van der Waals surface area contributed by atoms with Crippen LogP contribution in [-0.2, 0) is 14.3 Å². The molecule has 1 aromatic rings. The van der Waals surface area contributed by atoms with Crippen molar-refractivity contribution >= 4 is 5.97 Å². The van der Waals surface area contributed by atoms with Crippen molar-refractivity contribution in [3.05, 3.63) is 31.5 Å². The Morgan fingerprint density at radius 3 is 1.59 bits per heavy atom. The molecular formula is C12H17N3O7. The number of carboxylic acids is 1. The van der Waals surface area contributed by atoms with Crippen molar-refractivity contribution in [1.29, 1.82) is 0 Å². The molecule has 0 saturated carbocycles. The number of hydrogen-bond donors (Lipinski definition) is 4. The molecular weight excluding hydrogens is 298 g/mol. The number of aromatic amines is 3. The number of aromatic nitrogens is 3. The number of carboxylic acid groups (broad SMARTS) is 1. The first kappa shape index (κ1) is 16.2. The number of H-pyrrole nitrogens is 3. The molecule has 2 aliphatic heterocycles. The van der Waals surface area contributed by atoms with E-state index in [0.717, 1.165) is 0 Å². The molecule has 2 aliphatic rings. The van der Waals surface area contributed by atoms with Crippen molar-refractivity contribution in [2.45, 2.75) is 32.0 Å². The summed E-state index contributed by atoms with van der Waals surface area (Å²) in [6.07, 6.45) is 1.56. The summed E-state index contributed by atoms with van der Waals surface area (Å²) in [5.74, 6) is -0.738. The Balaban J connectivity index is 0.000000172. The second kappa shape index (κ2) is 6.28. The summed E-state index contributed by atoms with van der Waals surface area (Å²) in [5.41, 5.74) is -3.07. The topological polar surface area (TPSA) is 161 Å². The molecule has 1 aromatic heterocycles. The summed E-state index contributed by atoms with van der Waals surface area (Å²) in [6.45, 7) is 3.21. The number of epoxide rings is 2. The largest absolute Gasteiger partial charge is 0.481 e. The van der Waals surface area contributed by atoms with Crippen LogP contribution in [0.25, 0.3) is 0 Å². The molecule has 122 valence electrons. The SMILES string of the molecule is CC(CC1CO1)(CC1CO1)C(=O)O.O=c1[nH]c(=O)[nH]c(=O)[nH]1. The van der Waals surface area contributed by atoms with Gasteiger partial charge in [0.1, 0.15) is 0 Å². The average molecular weight is 315 g/mol. The van der Waals surface area contributed by atoms with Gasteiger partial charge in [-0.05, 0) is 19.8 Å². The van der Waals surface area contributed by atoms with E-state index in [1.165, 1.54) is 0 Å². The number of carbonyl (C=O) groups is 1. The zero-order valence-corrected chi connectivity index (χ0v) is 11.9. The second-order valence-corrected chi connectivity index (χ2v) is 5.55. The Morgan fingerprint density at radius 1 is 1.05 bits per heavy atom. The van der Waals surface area contributed by atoms with E-state index in [1.54, 1.807) is 21.9 Å². The van der Waals surface area contributed by atoms with Crippen LogP contribution in [0.5, 0.6) is 0 Å². The van der Waals surface area contributed by atoms with Gasteiger partial charge in [-0.1, -0.05) is 0 Å². The van der Waals surface area contributed by atoms with Gasteiger partial charge in [-0.15, -0.1) is 0 Å². The van der Waals surface area contributed by atoms with Crippen molar-refractivity contribution in [3.8, 4) is 0 Å². The normalized spacial score (nSPS) is 24.6. The quantitative estimate of drug-likeness (QED) is 0.476. The molecule has 0 radical (unpaired) electrons. The Kier molecular flexibility index (Phi) is 4.62. The highest BCUT2D eigenvalue weighted by molar-refractivity contribution is 5.74. The number of nitrogens with one attached hydrogen (secondary N) is 3. The Morgan fingerprint density at radius 2 is 1.36 bits per heavy atom. The van der Waals surface area contributed by atoms with Gasteiger partial charge in [0.05, 0.1) is 30.8 Å². The molecule has 10 heteroatoms. The molecule has 2 unspecified atom stereocenters. The van der Waals surface area contributed by atoms with Crippen LogP contribution < -0.4 is 17.1 Å². The summed E-state index contributed by atoms with van der Waals surface area (Å²) in [4.78, 5) is 46.9. The Bertz CT molecular complexity index is 603. The summed E-state index contributed by atoms with van der Waals surface area (Å²) in [5, 5.41) is 9.07. The maximum absolute atomic E-state index is 11.0. The molecule has 0 amide bonds. The van der Waals surface area contributed by atoms with Crippen LogP contribution in [0.2, 0.25) is 0 Å². The summed E-state index contributed by atoms with van der Waals surface area (Å²) >= 11 is 0. The maximum atomic E-state index is 11.0. The van der Waals surface area contributed by atoms with E-state index < -0.39 is 28.5 Å². The third-order valence-electron chi connectivity index (χ3n) is 3.36. The van der Waals surface area contributed by atoms with Gasteiger partial charge in [-0.2, -0.15) is 0 Å². The predicted molar refractivity (Wildman–Crippen MR) is 72.8 cm³/mol. The first-order valence-electron chi connectivity index (χ1n) is 6.68. The van der Waals surface area contributed by atoms with Gasteiger partial charge in [0.15, 0.2) is 0 Å². The lowest BCUT2D eigenvalue weighted by molar-refractivity contribution is -0.149. The smallest absolute Gasteiger partial charge is 0.330 e. The fraction of sp³-hybridized carbons (Fsp3) is 0.667. The van der Waals surface area contributed by atoms with Crippen LogP contribution >= 0.6 is 0 Å². The molecule has 2 saturated heterocycles. The van der Waals surface area contributed by atoms with Gasteiger partial charge < -0.3 is 14.6 Å². The zero-order chi connectivity index (χ0) is 16.3. The molecule has 22 heavy (non-hydrogen) atoms. The first-order valence-corrected chi connectivity index (χ1v) is 6.68. The fourth-order valence-corrected chi connectivity index (χ4v) is 2.04. The molecule has 2 atom stereocenters. The van der Waals surface area contributed by atoms with Crippen LogP contribution in [0.3, 0.4) is 0 Å². The fourth-order valence-electron chi connectivity index (χ4n) is 2.04. The first-order chi connectivity index (χ1) is 10.3. The molecule has 2 fully saturated rings. The van der Waals surface area contributed by atoms with E-state index in [9.17, 15) is 19.2 Å². The molecule has 3 heterocycles. The van der Waals surface area contributed by atoms with Crippen LogP contribution in [0.15, 0.2) is 14.4 Å². The van der Waals surface area contributed by atoms with Gasteiger partial charge in [0, 0.05) is 0 Å². The van der Waals surface area contributed by atoms with Gasteiger partial charge in [-0.25, -0.2) is 14.4 Å². The Labute approximate surface area is 123 Å². The van der Waals surface area contributed by atoms with E-state index >= 15 is 0 Å². The lowest BCUT2D eigenvalue weighted by Crippen LogP contribution is -2.34. The van der Waals surface area contributed by atoms with E-state index in [0.29, 0.717) is 26.1 Å². The number of hydrogen-bond acceptors (Lipinski definition) is 6. The third kappa shape index (κ3) is 4.97. The highest BCUT2D eigenvalue weighted by atomic mass is 16.6. The van der Waals surface area contributed by atoms with E-state index in [-0.39, 0.29) is 12.2 Å². The van der Waals surface area contributed by atoms with Crippen LogP contribution in [0, 0.1) is 5.41 Å². The molecule has 4 N–H and O–H groups in total. The summed E-state index contributed by atoms with van der Waals surface area (Å²) in [6, 6.07) is 0. The number of ether oxygens (including phenoxy) is 2. The van der Waals surface area contributed by atoms with Crippen LogP contribution in [0.1, 0.15) is 19.8 Å². The molecule has 3 rings (SSSR count). The minimum Gasteiger partial charge on any atom is -0.481 e. The van der Waals surface area contributed by atoms with Gasteiger partial charge in [0.25, 0.3) is 0 Å². The lowest BCUT2D eigenvalue weighted by Gasteiger charge is -2.22. The average Bonchev–Trinajstić information content (AvgIpc) is 3.25. The minimum absolute atomic E-state index is 0.167. The minimum atomic E-state index is -0.802. The highest BCUT2D eigenvalue weighted by Gasteiger charge is 2.44. The second-order valence-electron chi connectivity index (χ2n) is 5.55. The number of aliphatic carboxylic acids is 1. The van der Waals surface area contributed by atoms with Crippen LogP contribution in [0.4, 0.5) is 0 Å². The van der Waals surface area contributed by atoms with Crippen molar-refractivity contribution in [2.24, 2.45) is 5.41 Å². The van der Waals surface area contributed by atoms with E-state index in [1.807, 2.05) is 0 Å². The van der Waals surface area contributed by atoms with Crippen molar-refractivity contribution in [1.82, 2.24) is 15.0 Å². The van der Waals surface area contributed by atoms with Crippen molar-refractivity contribution in [2.75, 3.05) is 13.2 Å². The Hall–Kier alpha value is -2.20. The molecule has 10 nitrogen and oxygen atoms in total. The molecule has 0 bridgehead atoms. The molecule has 0 aromatic carbocycles. The van der Waals surface area contributed by atoms with Crippen LogP contribution in [-0.4, -0.2) is 51.4 Å². The van der Waals surface area contributed by atoms with Gasteiger partial charge >= 0.3 is 23.0 Å². The lowest BCUT2D eigenvalue weighted by atomic mass is 9.81. The summed E-state index contributed by atoms with van der Waals surface area (Å²) in [7, 11) is 0. The van der Waals surface area contributed by atoms with E-state index in [4.69, 9.17) is 14.6 Å². The maximum Gasteiger partial charge on any atom is 0.330 e. The van der Waals surface area contributed by atoms with E-state index in [2.05, 4.69) is 0 Å². The third-order valence-corrected chi connectivity index (χ3v) is 3.36. The monoisotopic (exact) mass is 315 g/mol. The van der Waals surface area contributed by atoms with Gasteiger partial charge in [0.2, 0.25) is 0 Å². The molecule has 0 spiro atoms. The number of rotatable bonds is 5. The van der Waals surface area contributed by atoms with Crippen molar-refractivity contribution in [3.63, 3.8) is 0 Å². The summed E-state index contributed by atoms with van der Waals surface area (Å²) < 4.78 is 10.1. The van der Waals surface area contributed by atoms with Crippen molar-refractivity contribution < 1.29 is 19.4 Å². The molecule has 0 aliphatic carbocycles. The van der Waals surface area contributed by atoms with Gasteiger partial charge in [-0.3, -0.25) is 19.7 Å².